The summed E-state index contributed by atoms with van der Waals surface area (Å²) in [6.07, 6.45) is 4.46. The average Bonchev–Trinajstić information content (AvgIpc) is 3.20. The minimum Gasteiger partial charge on any atom is -0.458 e. The molecule has 1 saturated carbocycles. The summed E-state index contributed by atoms with van der Waals surface area (Å²) in [5, 5.41) is 11.4. The van der Waals surface area contributed by atoms with Crippen LogP contribution in [0, 0.1) is 17.8 Å². The molecule has 0 aromatic carbocycles. The highest BCUT2D eigenvalue weighted by molar-refractivity contribution is 5.92. The van der Waals surface area contributed by atoms with Crippen LogP contribution < -0.4 is 0 Å². The van der Waals surface area contributed by atoms with Gasteiger partial charge in [-0.3, -0.25) is 0 Å². The number of rotatable bonds is 4. The fraction of sp³-hybridized carbons (Fsp3) is 0.640. The van der Waals surface area contributed by atoms with Gasteiger partial charge in [-0.1, -0.05) is 23.8 Å². The minimum absolute atomic E-state index is 0.103. The van der Waals surface area contributed by atoms with Gasteiger partial charge in [-0.2, -0.15) is 0 Å². The standard InChI is InChI=1S/C25H34O7/c1-8-13(3)21(26)30-17-12-24(6,29)16-11-10-15(5)18(16)20-19(17)25(7,23(28)31-20)32-22(27)14(4)9-2/h8-10,16-20,29H,11-12H2,1-7H3/b13-8-,14-9-/t16-,17-,18+,19+,20-,24-,25-/m0/s1. The number of ether oxygens (including phenoxy) is 3. The predicted molar refractivity (Wildman–Crippen MR) is 117 cm³/mol. The van der Waals surface area contributed by atoms with Crippen molar-refractivity contribution in [1.82, 2.24) is 0 Å². The fourth-order valence-electron chi connectivity index (χ4n) is 5.32. The third-order valence-corrected chi connectivity index (χ3v) is 7.53. The Morgan fingerprint density at radius 3 is 2.34 bits per heavy atom. The van der Waals surface area contributed by atoms with E-state index < -0.39 is 47.2 Å². The lowest BCUT2D eigenvalue weighted by molar-refractivity contribution is -0.177. The second-order valence-corrected chi connectivity index (χ2v) is 9.66. The summed E-state index contributed by atoms with van der Waals surface area (Å²) in [5.74, 6) is -3.05. The lowest BCUT2D eigenvalue weighted by Crippen LogP contribution is -2.51. The number of allylic oxidation sites excluding steroid dienone is 3. The van der Waals surface area contributed by atoms with E-state index in [0.29, 0.717) is 17.6 Å². The van der Waals surface area contributed by atoms with Crippen molar-refractivity contribution < 1.29 is 33.7 Å². The van der Waals surface area contributed by atoms with E-state index in [1.807, 2.05) is 6.92 Å². The van der Waals surface area contributed by atoms with Crippen LogP contribution in [0.1, 0.15) is 61.3 Å². The van der Waals surface area contributed by atoms with Crippen molar-refractivity contribution in [1.29, 1.82) is 0 Å². The van der Waals surface area contributed by atoms with Gasteiger partial charge in [-0.05, 0) is 54.9 Å². The molecule has 0 amide bonds. The van der Waals surface area contributed by atoms with E-state index in [0.717, 1.165) is 5.57 Å². The van der Waals surface area contributed by atoms with Gasteiger partial charge in [0.2, 0.25) is 5.60 Å². The number of aliphatic hydroxyl groups is 1. The number of fused-ring (bicyclic) bond motifs is 3. The Balaban J connectivity index is 2.11. The van der Waals surface area contributed by atoms with Crippen LogP contribution in [0.5, 0.6) is 0 Å². The molecule has 32 heavy (non-hydrogen) atoms. The molecule has 0 aromatic rings. The Bertz CT molecular complexity index is 909. The lowest BCUT2D eigenvalue weighted by atomic mass is 9.75. The maximum Gasteiger partial charge on any atom is 0.351 e. The second-order valence-electron chi connectivity index (χ2n) is 9.66. The summed E-state index contributed by atoms with van der Waals surface area (Å²) in [7, 11) is 0. The van der Waals surface area contributed by atoms with Crippen LogP contribution in [-0.4, -0.2) is 46.4 Å². The van der Waals surface area contributed by atoms with Crippen LogP contribution in [0.3, 0.4) is 0 Å². The molecule has 3 aliphatic rings. The maximum atomic E-state index is 13.1. The third-order valence-electron chi connectivity index (χ3n) is 7.53. The molecule has 1 N–H and O–H groups in total. The smallest absolute Gasteiger partial charge is 0.351 e. The topological polar surface area (TPSA) is 99.1 Å². The first-order valence-corrected chi connectivity index (χ1v) is 11.2. The summed E-state index contributed by atoms with van der Waals surface area (Å²) in [4.78, 5) is 38.5. The number of carbonyl (C=O) groups is 3. The summed E-state index contributed by atoms with van der Waals surface area (Å²) in [6.45, 7) is 11.9. The quantitative estimate of drug-likeness (QED) is 0.306. The molecule has 7 nitrogen and oxygen atoms in total. The van der Waals surface area contributed by atoms with Crippen LogP contribution in [0.25, 0.3) is 0 Å². The molecule has 0 unspecified atom stereocenters. The van der Waals surface area contributed by atoms with E-state index in [1.165, 1.54) is 6.92 Å². The Morgan fingerprint density at radius 1 is 1.16 bits per heavy atom. The molecule has 2 fully saturated rings. The van der Waals surface area contributed by atoms with Crippen LogP contribution in [-0.2, 0) is 28.6 Å². The lowest BCUT2D eigenvalue weighted by Gasteiger charge is -2.35. The van der Waals surface area contributed by atoms with Crippen molar-refractivity contribution in [2.75, 3.05) is 0 Å². The van der Waals surface area contributed by atoms with Gasteiger partial charge in [-0.25, -0.2) is 14.4 Å². The van der Waals surface area contributed by atoms with E-state index in [2.05, 4.69) is 6.08 Å². The molecule has 1 saturated heterocycles. The zero-order valence-electron chi connectivity index (χ0n) is 19.9. The van der Waals surface area contributed by atoms with Gasteiger partial charge in [-0.15, -0.1) is 0 Å². The first-order chi connectivity index (χ1) is 14.9. The molecule has 1 aliphatic heterocycles. The molecule has 7 atom stereocenters. The molecule has 0 aromatic heterocycles. The zero-order valence-corrected chi connectivity index (χ0v) is 19.9. The van der Waals surface area contributed by atoms with Gasteiger partial charge in [0, 0.05) is 29.4 Å². The Morgan fingerprint density at radius 2 is 1.75 bits per heavy atom. The van der Waals surface area contributed by atoms with Crippen molar-refractivity contribution in [2.24, 2.45) is 17.8 Å². The highest BCUT2D eigenvalue weighted by Gasteiger charge is 2.67. The highest BCUT2D eigenvalue weighted by Crippen LogP contribution is 2.55. The highest BCUT2D eigenvalue weighted by atomic mass is 16.6. The van der Waals surface area contributed by atoms with Crippen LogP contribution >= 0.6 is 0 Å². The van der Waals surface area contributed by atoms with Crippen LogP contribution in [0.2, 0.25) is 0 Å². The molecule has 3 rings (SSSR count). The van der Waals surface area contributed by atoms with Crippen molar-refractivity contribution in [2.45, 2.75) is 84.7 Å². The summed E-state index contributed by atoms with van der Waals surface area (Å²) < 4.78 is 17.5. The molecular formula is C25H34O7. The number of esters is 3. The van der Waals surface area contributed by atoms with E-state index in [4.69, 9.17) is 14.2 Å². The first kappa shape index (κ1) is 24.2. The van der Waals surface area contributed by atoms with Crippen molar-refractivity contribution in [3.05, 3.63) is 34.9 Å². The van der Waals surface area contributed by atoms with E-state index >= 15 is 0 Å². The Labute approximate surface area is 189 Å². The van der Waals surface area contributed by atoms with Gasteiger partial charge in [0.05, 0.1) is 11.5 Å². The average molecular weight is 447 g/mol. The SMILES string of the molecule is C/C=C(/C)C(=O)O[C@H]1C[C@](C)(O)[C@H]2CC=C(C)[C@H]2[C@@H]2OC(=O)[C@@](C)(OC(=O)/C(C)=C\C)[C@@H]21. The summed E-state index contributed by atoms with van der Waals surface area (Å²) in [6, 6.07) is 0. The van der Waals surface area contributed by atoms with Gasteiger partial charge >= 0.3 is 17.9 Å². The largest absolute Gasteiger partial charge is 0.458 e. The predicted octanol–water partition coefficient (Wildman–Crippen LogP) is 3.41. The number of hydrogen-bond acceptors (Lipinski definition) is 7. The molecule has 176 valence electrons. The van der Waals surface area contributed by atoms with Crippen molar-refractivity contribution in [3.63, 3.8) is 0 Å². The third kappa shape index (κ3) is 3.91. The van der Waals surface area contributed by atoms with Gasteiger partial charge in [0.15, 0.2) is 0 Å². The van der Waals surface area contributed by atoms with Crippen molar-refractivity contribution >= 4 is 17.9 Å². The normalized spacial score (nSPS) is 39.4. The van der Waals surface area contributed by atoms with Crippen LogP contribution in [0.4, 0.5) is 0 Å². The zero-order chi connectivity index (χ0) is 24.0. The van der Waals surface area contributed by atoms with E-state index in [-0.39, 0.29) is 18.3 Å². The molecular weight excluding hydrogens is 412 g/mol. The minimum atomic E-state index is -1.66. The molecule has 1 heterocycles. The van der Waals surface area contributed by atoms with E-state index in [1.54, 1.807) is 46.8 Å². The first-order valence-electron chi connectivity index (χ1n) is 11.2. The van der Waals surface area contributed by atoms with Crippen LogP contribution in [0.15, 0.2) is 34.9 Å². The monoisotopic (exact) mass is 446 g/mol. The maximum absolute atomic E-state index is 13.1. The molecule has 7 heteroatoms. The fourth-order valence-corrected chi connectivity index (χ4v) is 5.32. The molecule has 0 radical (unpaired) electrons. The van der Waals surface area contributed by atoms with E-state index in [9.17, 15) is 19.5 Å². The molecule has 2 aliphatic carbocycles. The molecule has 0 spiro atoms. The Hall–Kier alpha value is -2.41. The molecule has 0 bridgehead atoms. The second kappa shape index (κ2) is 8.50. The van der Waals surface area contributed by atoms with Gasteiger partial charge in [0.25, 0.3) is 0 Å². The van der Waals surface area contributed by atoms with Gasteiger partial charge in [0.1, 0.15) is 12.2 Å². The van der Waals surface area contributed by atoms with Gasteiger partial charge < -0.3 is 19.3 Å². The Kier molecular flexibility index (Phi) is 6.44. The number of hydrogen-bond donors (Lipinski definition) is 1. The number of carbonyl (C=O) groups excluding carboxylic acids is 3. The summed E-state index contributed by atoms with van der Waals surface area (Å²) >= 11 is 0. The summed E-state index contributed by atoms with van der Waals surface area (Å²) in [5.41, 5.74) is -1.05. The van der Waals surface area contributed by atoms with Crippen molar-refractivity contribution in [3.8, 4) is 0 Å².